The minimum absolute atomic E-state index is 0.0469. The van der Waals surface area contributed by atoms with Gasteiger partial charge in [-0.25, -0.2) is 4.98 Å². The lowest BCUT2D eigenvalue weighted by molar-refractivity contribution is 0.421. The summed E-state index contributed by atoms with van der Waals surface area (Å²) in [6.07, 6.45) is 1.49. The third-order valence-electron chi connectivity index (χ3n) is 2.86. The van der Waals surface area contributed by atoms with Gasteiger partial charge in [0.05, 0.1) is 0 Å². The molecule has 2 aromatic rings. The molecule has 0 aliphatic heterocycles. The molecule has 0 amide bonds. The van der Waals surface area contributed by atoms with E-state index >= 15 is 0 Å². The van der Waals surface area contributed by atoms with E-state index in [9.17, 15) is 0 Å². The van der Waals surface area contributed by atoms with Crippen LogP contribution in [0.25, 0.3) is 11.3 Å². The van der Waals surface area contributed by atoms with E-state index in [2.05, 4.69) is 31.1 Å². The minimum Gasteiger partial charge on any atom is -0.443 e. The van der Waals surface area contributed by atoms with Crippen LogP contribution in [0.3, 0.4) is 0 Å². The predicted octanol–water partition coefficient (Wildman–Crippen LogP) is 4.19. The monoisotopic (exact) mass is 278 g/mol. The van der Waals surface area contributed by atoms with Crippen molar-refractivity contribution in [2.24, 2.45) is 0 Å². The van der Waals surface area contributed by atoms with Crippen LogP contribution in [0.1, 0.15) is 32.0 Å². The van der Waals surface area contributed by atoms with Gasteiger partial charge in [0.2, 0.25) is 0 Å². The molecule has 0 spiro atoms. The van der Waals surface area contributed by atoms with Crippen LogP contribution >= 0.6 is 11.6 Å². The lowest BCUT2D eigenvalue weighted by atomic mass is 10.0. The van der Waals surface area contributed by atoms with Crippen molar-refractivity contribution in [1.82, 2.24) is 10.3 Å². The maximum absolute atomic E-state index is 5.98. The number of rotatable bonds is 3. The fourth-order valence-electron chi connectivity index (χ4n) is 1.84. The molecule has 1 heterocycles. The summed E-state index contributed by atoms with van der Waals surface area (Å²) in [6, 6.07) is 5.77. The van der Waals surface area contributed by atoms with Gasteiger partial charge in [0, 0.05) is 22.7 Å². The molecule has 0 aliphatic carbocycles. The van der Waals surface area contributed by atoms with Gasteiger partial charge in [-0.3, -0.25) is 0 Å². The van der Waals surface area contributed by atoms with E-state index in [1.807, 2.05) is 25.1 Å². The van der Waals surface area contributed by atoms with Gasteiger partial charge in [-0.05, 0) is 51.5 Å². The Hall–Kier alpha value is -1.32. The number of nitrogens with zero attached hydrogens (tertiary/aromatic N) is 1. The van der Waals surface area contributed by atoms with E-state index < -0.39 is 0 Å². The molecule has 0 unspecified atom stereocenters. The number of aryl methyl sites for hydroxylation is 1. The van der Waals surface area contributed by atoms with E-state index in [-0.39, 0.29) is 5.54 Å². The Morgan fingerprint density at radius 1 is 1.32 bits per heavy atom. The predicted molar refractivity (Wildman–Crippen MR) is 78.3 cm³/mol. The minimum atomic E-state index is 0.0469. The van der Waals surface area contributed by atoms with Crippen molar-refractivity contribution in [2.75, 3.05) is 0 Å². The molecule has 2 rings (SSSR count). The molecule has 0 bridgehead atoms. The third-order valence-corrected chi connectivity index (χ3v) is 3.10. The zero-order chi connectivity index (χ0) is 14.0. The van der Waals surface area contributed by atoms with Crippen LogP contribution in [0.2, 0.25) is 5.02 Å². The molecule has 1 N–H and O–H groups in total. The normalized spacial score (nSPS) is 11.8. The zero-order valence-corrected chi connectivity index (χ0v) is 12.5. The summed E-state index contributed by atoms with van der Waals surface area (Å²) < 4.78 is 5.54. The Labute approximate surface area is 119 Å². The Bertz CT molecular complexity index is 570. The molecule has 0 aliphatic rings. The molecule has 102 valence electrons. The van der Waals surface area contributed by atoms with E-state index in [0.29, 0.717) is 6.54 Å². The van der Waals surface area contributed by atoms with Gasteiger partial charge in [-0.1, -0.05) is 11.6 Å². The number of hydrogen-bond acceptors (Lipinski definition) is 3. The topological polar surface area (TPSA) is 38.1 Å². The summed E-state index contributed by atoms with van der Waals surface area (Å²) in [5.41, 5.74) is 3.08. The summed E-state index contributed by atoms with van der Waals surface area (Å²) in [6.45, 7) is 9.07. The first-order chi connectivity index (χ1) is 8.87. The molecule has 3 nitrogen and oxygen atoms in total. The lowest BCUT2D eigenvalue weighted by Crippen LogP contribution is -2.35. The van der Waals surface area contributed by atoms with Crippen LogP contribution in [0.15, 0.2) is 29.0 Å². The molecule has 0 saturated heterocycles. The number of aromatic nitrogens is 1. The molecule has 0 atom stereocenters. The third kappa shape index (κ3) is 3.58. The fourth-order valence-corrected chi connectivity index (χ4v) is 2.07. The van der Waals surface area contributed by atoms with Crippen molar-refractivity contribution < 1.29 is 4.42 Å². The first-order valence-electron chi connectivity index (χ1n) is 6.31. The first kappa shape index (κ1) is 14.1. The average molecular weight is 279 g/mol. The van der Waals surface area contributed by atoms with E-state index in [4.69, 9.17) is 16.0 Å². The molecule has 0 saturated carbocycles. The highest BCUT2D eigenvalue weighted by Gasteiger charge is 2.16. The van der Waals surface area contributed by atoms with Crippen LogP contribution in [0.5, 0.6) is 0 Å². The fraction of sp³-hybridized carbons (Fsp3) is 0.400. The van der Waals surface area contributed by atoms with Crippen molar-refractivity contribution in [3.8, 4) is 11.3 Å². The standard InChI is InChI=1S/C15H19ClN2O/c1-10-7-11(16)5-6-12(10)14-13(17-9-19-14)8-18-15(2,3)4/h5-7,9,18H,8H2,1-4H3. The second-order valence-electron chi connectivity index (χ2n) is 5.69. The largest absolute Gasteiger partial charge is 0.443 e. The van der Waals surface area contributed by atoms with Gasteiger partial charge >= 0.3 is 0 Å². The number of hydrogen-bond donors (Lipinski definition) is 1. The molecule has 1 aromatic heterocycles. The molecule has 4 heteroatoms. The maximum atomic E-state index is 5.98. The van der Waals surface area contributed by atoms with Crippen LogP contribution in [0, 0.1) is 6.92 Å². The van der Waals surface area contributed by atoms with E-state index in [0.717, 1.165) is 27.6 Å². The zero-order valence-electron chi connectivity index (χ0n) is 11.7. The van der Waals surface area contributed by atoms with E-state index in [1.54, 1.807) is 0 Å². The molecular formula is C15H19ClN2O. The number of benzene rings is 1. The van der Waals surface area contributed by atoms with Crippen molar-refractivity contribution in [3.63, 3.8) is 0 Å². The number of nitrogens with one attached hydrogen (secondary N) is 1. The SMILES string of the molecule is Cc1cc(Cl)ccc1-c1ocnc1CNC(C)(C)C. The second-order valence-corrected chi connectivity index (χ2v) is 6.13. The Balaban J connectivity index is 2.28. The Morgan fingerprint density at radius 3 is 2.68 bits per heavy atom. The summed E-state index contributed by atoms with van der Waals surface area (Å²) in [5.74, 6) is 0.811. The van der Waals surface area contributed by atoms with Crippen molar-refractivity contribution in [2.45, 2.75) is 39.8 Å². The van der Waals surface area contributed by atoms with Crippen molar-refractivity contribution in [3.05, 3.63) is 40.9 Å². The quantitative estimate of drug-likeness (QED) is 0.915. The van der Waals surface area contributed by atoms with Crippen LogP contribution < -0.4 is 5.32 Å². The van der Waals surface area contributed by atoms with Crippen LogP contribution in [-0.2, 0) is 6.54 Å². The molecule has 19 heavy (non-hydrogen) atoms. The Morgan fingerprint density at radius 2 is 2.05 bits per heavy atom. The van der Waals surface area contributed by atoms with Crippen LogP contribution in [-0.4, -0.2) is 10.5 Å². The maximum Gasteiger partial charge on any atom is 0.181 e. The van der Waals surface area contributed by atoms with E-state index in [1.165, 1.54) is 6.39 Å². The molecule has 0 fully saturated rings. The average Bonchev–Trinajstić information content (AvgIpc) is 2.73. The summed E-state index contributed by atoms with van der Waals surface area (Å²) in [4.78, 5) is 4.30. The molecule has 1 aromatic carbocycles. The number of halogens is 1. The van der Waals surface area contributed by atoms with Gasteiger partial charge in [-0.2, -0.15) is 0 Å². The molecule has 0 radical (unpaired) electrons. The Kier molecular flexibility index (Phi) is 3.97. The highest BCUT2D eigenvalue weighted by atomic mass is 35.5. The summed E-state index contributed by atoms with van der Waals surface area (Å²) in [7, 11) is 0. The highest BCUT2D eigenvalue weighted by Crippen LogP contribution is 2.28. The molecular weight excluding hydrogens is 260 g/mol. The lowest BCUT2D eigenvalue weighted by Gasteiger charge is -2.20. The summed E-state index contributed by atoms with van der Waals surface area (Å²) in [5, 5.41) is 4.15. The smallest absolute Gasteiger partial charge is 0.181 e. The van der Waals surface area contributed by atoms with Gasteiger partial charge in [0.25, 0.3) is 0 Å². The van der Waals surface area contributed by atoms with Gasteiger partial charge in [0.15, 0.2) is 12.2 Å². The highest BCUT2D eigenvalue weighted by molar-refractivity contribution is 6.30. The van der Waals surface area contributed by atoms with Gasteiger partial charge in [-0.15, -0.1) is 0 Å². The van der Waals surface area contributed by atoms with Crippen molar-refractivity contribution >= 4 is 11.6 Å². The second kappa shape index (κ2) is 5.35. The number of oxazole rings is 1. The first-order valence-corrected chi connectivity index (χ1v) is 6.68. The van der Waals surface area contributed by atoms with Crippen LogP contribution in [0.4, 0.5) is 0 Å². The van der Waals surface area contributed by atoms with Gasteiger partial charge < -0.3 is 9.73 Å². The van der Waals surface area contributed by atoms with Crippen molar-refractivity contribution in [1.29, 1.82) is 0 Å². The summed E-state index contributed by atoms with van der Waals surface area (Å²) >= 11 is 5.98. The van der Waals surface area contributed by atoms with Gasteiger partial charge in [0.1, 0.15) is 5.69 Å².